The maximum atomic E-state index is 6.56. The summed E-state index contributed by atoms with van der Waals surface area (Å²) in [6.45, 7) is 3.64. The van der Waals surface area contributed by atoms with Crippen LogP contribution in [0.4, 0.5) is 0 Å². The van der Waals surface area contributed by atoms with Gasteiger partial charge in [-0.05, 0) is 24.5 Å². The Hall–Kier alpha value is -1.52. The fraction of sp³-hybridized carbons (Fsp3) is 0.438. The summed E-state index contributed by atoms with van der Waals surface area (Å²) in [5, 5.41) is 5.00. The van der Waals surface area contributed by atoms with Crippen molar-refractivity contribution in [3.8, 4) is 5.75 Å². The van der Waals surface area contributed by atoms with Gasteiger partial charge in [-0.2, -0.15) is 5.10 Å². The molecule has 2 N–H and O–H groups in total. The molecule has 0 bridgehead atoms. The summed E-state index contributed by atoms with van der Waals surface area (Å²) < 4.78 is 7.65. The van der Waals surface area contributed by atoms with Crippen LogP contribution >= 0.6 is 11.6 Å². The van der Waals surface area contributed by atoms with E-state index in [0.717, 1.165) is 36.4 Å². The zero-order valence-corrected chi connectivity index (χ0v) is 12.9. The Kier molecular flexibility index (Phi) is 4.17. The summed E-state index contributed by atoms with van der Waals surface area (Å²) >= 11 is 6.33. The Labute approximate surface area is 129 Å². The Morgan fingerprint density at radius 2 is 2.29 bits per heavy atom. The van der Waals surface area contributed by atoms with Gasteiger partial charge in [-0.25, -0.2) is 0 Å². The van der Waals surface area contributed by atoms with Gasteiger partial charge in [0.2, 0.25) is 0 Å². The molecule has 2 heterocycles. The van der Waals surface area contributed by atoms with Crippen LogP contribution in [0.25, 0.3) is 0 Å². The van der Waals surface area contributed by atoms with Crippen molar-refractivity contribution in [2.75, 3.05) is 6.61 Å². The molecule has 1 aliphatic rings. The molecule has 0 saturated carbocycles. The third-order valence-corrected chi connectivity index (χ3v) is 4.31. The number of hydrogen-bond donors (Lipinski definition) is 1. The molecular formula is C16H20ClN3O. The van der Waals surface area contributed by atoms with Crippen LogP contribution in [0.1, 0.15) is 43.0 Å². The highest BCUT2D eigenvalue weighted by molar-refractivity contribution is 6.31. The van der Waals surface area contributed by atoms with Crippen LogP contribution in [0.3, 0.4) is 0 Å². The highest BCUT2D eigenvalue weighted by Gasteiger charge is 2.30. The molecule has 5 heteroatoms. The Balaban J connectivity index is 1.96. The van der Waals surface area contributed by atoms with Crippen LogP contribution in [0.15, 0.2) is 30.5 Å². The standard InChI is InChI=1S/C16H20ClN3O/c1-2-8-20-16(13(17)10-19-20)15(18)12-7-9-21-14-6-4-3-5-11(12)14/h3-6,10,12,15H,2,7-9,18H2,1H3. The minimum absolute atomic E-state index is 0.170. The molecule has 1 aromatic heterocycles. The smallest absolute Gasteiger partial charge is 0.122 e. The van der Waals surface area contributed by atoms with E-state index in [9.17, 15) is 0 Å². The van der Waals surface area contributed by atoms with Crippen molar-refractivity contribution in [2.45, 2.75) is 38.3 Å². The largest absolute Gasteiger partial charge is 0.493 e. The molecular weight excluding hydrogens is 286 g/mol. The highest BCUT2D eigenvalue weighted by Crippen LogP contribution is 2.41. The van der Waals surface area contributed by atoms with Crippen molar-refractivity contribution in [3.05, 3.63) is 46.7 Å². The lowest BCUT2D eigenvalue weighted by molar-refractivity contribution is 0.253. The lowest BCUT2D eigenvalue weighted by Gasteiger charge is -2.30. The number of halogens is 1. The Morgan fingerprint density at radius 3 is 3.10 bits per heavy atom. The molecule has 0 fully saturated rings. The molecule has 0 aliphatic carbocycles. The second-order valence-corrected chi connectivity index (χ2v) is 5.82. The lowest BCUT2D eigenvalue weighted by atomic mass is 9.85. The molecule has 0 spiro atoms. The van der Waals surface area contributed by atoms with Gasteiger partial charge in [-0.3, -0.25) is 4.68 Å². The van der Waals surface area contributed by atoms with Crippen LogP contribution in [0.2, 0.25) is 5.02 Å². The van der Waals surface area contributed by atoms with Gasteiger partial charge in [0.15, 0.2) is 0 Å². The van der Waals surface area contributed by atoms with E-state index in [-0.39, 0.29) is 12.0 Å². The molecule has 0 radical (unpaired) electrons. The highest BCUT2D eigenvalue weighted by atomic mass is 35.5. The first-order valence-corrected chi connectivity index (χ1v) is 7.78. The number of fused-ring (bicyclic) bond motifs is 1. The minimum Gasteiger partial charge on any atom is -0.493 e. The molecule has 2 aromatic rings. The topological polar surface area (TPSA) is 53.1 Å². The first kappa shape index (κ1) is 14.4. The number of aryl methyl sites for hydroxylation is 1. The molecule has 2 atom stereocenters. The summed E-state index contributed by atoms with van der Waals surface area (Å²) in [6, 6.07) is 7.93. The van der Waals surface area contributed by atoms with Crippen LogP contribution < -0.4 is 10.5 Å². The first-order chi connectivity index (χ1) is 10.2. The summed E-state index contributed by atoms with van der Waals surface area (Å²) in [6.07, 6.45) is 3.59. The first-order valence-electron chi connectivity index (χ1n) is 7.41. The third kappa shape index (κ3) is 2.65. The van der Waals surface area contributed by atoms with Crippen molar-refractivity contribution in [3.63, 3.8) is 0 Å². The van der Waals surface area contributed by atoms with Crippen LogP contribution in [0, 0.1) is 0 Å². The van der Waals surface area contributed by atoms with Crippen LogP contribution in [-0.4, -0.2) is 16.4 Å². The normalized spacial score (nSPS) is 18.9. The number of hydrogen-bond acceptors (Lipinski definition) is 3. The van der Waals surface area contributed by atoms with Gasteiger partial charge in [0.05, 0.1) is 29.6 Å². The zero-order valence-electron chi connectivity index (χ0n) is 12.1. The lowest BCUT2D eigenvalue weighted by Crippen LogP contribution is -2.27. The average Bonchev–Trinajstić information content (AvgIpc) is 2.87. The molecule has 21 heavy (non-hydrogen) atoms. The van der Waals surface area contributed by atoms with Crippen molar-refractivity contribution >= 4 is 11.6 Å². The van der Waals surface area contributed by atoms with Gasteiger partial charge in [-0.15, -0.1) is 0 Å². The van der Waals surface area contributed by atoms with Gasteiger partial charge in [0, 0.05) is 12.5 Å². The maximum absolute atomic E-state index is 6.56. The summed E-state index contributed by atoms with van der Waals surface area (Å²) in [7, 11) is 0. The summed E-state index contributed by atoms with van der Waals surface area (Å²) in [4.78, 5) is 0. The van der Waals surface area contributed by atoms with E-state index < -0.39 is 0 Å². The summed E-state index contributed by atoms with van der Waals surface area (Å²) in [5.74, 6) is 1.14. The predicted molar refractivity (Wildman–Crippen MR) is 83.8 cm³/mol. The van der Waals surface area contributed by atoms with Gasteiger partial charge in [0.1, 0.15) is 5.75 Å². The van der Waals surface area contributed by atoms with E-state index in [2.05, 4.69) is 18.1 Å². The van der Waals surface area contributed by atoms with Gasteiger partial charge < -0.3 is 10.5 Å². The quantitative estimate of drug-likeness (QED) is 0.940. The van der Waals surface area contributed by atoms with E-state index in [1.807, 2.05) is 22.9 Å². The van der Waals surface area contributed by atoms with E-state index >= 15 is 0 Å². The zero-order chi connectivity index (χ0) is 14.8. The number of ether oxygens (including phenoxy) is 1. The number of rotatable bonds is 4. The average molecular weight is 306 g/mol. The second kappa shape index (κ2) is 6.08. The third-order valence-electron chi connectivity index (χ3n) is 4.02. The molecule has 112 valence electrons. The molecule has 0 amide bonds. The fourth-order valence-corrected chi connectivity index (χ4v) is 3.29. The van der Waals surface area contributed by atoms with Gasteiger partial charge in [0.25, 0.3) is 0 Å². The van der Waals surface area contributed by atoms with Crippen molar-refractivity contribution in [2.24, 2.45) is 5.73 Å². The van der Waals surface area contributed by atoms with E-state index in [0.29, 0.717) is 11.6 Å². The molecule has 0 saturated heterocycles. The fourth-order valence-electron chi connectivity index (χ4n) is 3.03. The second-order valence-electron chi connectivity index (χ2n) is 5.41. The molecule has 2 unspecified atom stereocenters. The Bertz CT molecular complexity index is 626. The van der Waals surface area contributed by atoms with Gasteiger partial charge >= 0.3 is 0 Å². The van der Waals surface area contributed by atoms with Crippen molar-refractivity contribution < 1.29 is 4.74 Å². The summed E-state index contributed by atoms with van der Waals surface area (Å²) in [5.41, 5.74) is 8.65. The maximum Gasteiger partial charge on any atom is 0.122 e. The number of aromatic nitrogens is 2. The van der Waals surface area contributed by atoms with E-state index in [1.54, 1.807) is 6.20 Å². The van der Waals surface area contributed by atoms with Crippen LogP contribution in [0.5, 0.6) is 5.75 Å². The molecule has 4 nitrogen and oxygen atoms in total. The SMILES string of the molecule is CCCn1ncc(Cl)c1C(N)C1CCOc2ccccc21. The number of benzene rings is 1. The predicted octanol–water partition coefficient (Wildman–Crippen LogP) is 3.51. The number of nitrogens with zero attached hydrogens (tertiary/aromatic N) is 2. The number of nitrogens with two attached hydrogens (primary N) is 1. The van der Waals surface area contributed by atoms with Crippen LogP contribution in [-0.2, 0) is 6.54 Å². The molecule has 3 rings (SSSR count). The van der Waals surface area contributed by atoms with Crippen molar-refractivity contribution in [1.82, 2.24) is 9.78 Å². The monoisotopic (exact) mass is 305 g/mol. The number of para-hydroxylation sites is 1. The molecule has 1 aromatic carbocycles. The Morgan fingerprint density at radius 1 is 1.48 bits per heavy atom. The van der Waals surface area contributed by atoms with Crippen molar-refractivity contribution in [1.29, 1.82) is 0 Å². The van der Waals surface area contributed by atoms with E-state index in [4.69, 9.17) is 22.1 Å². The molecule has 1 aliphatic heterocycles. The van der Waals surface area contributed by atoms with Gasteiger partial charge in [-0.1, -0.05) is 36.7 Å². The minimum atomic E-state index is -0.170. The van der Waals surface area contributed by atoms with E-state index in [1.165, 1.54) is 0 Å².